The highest BCUT2D eigenvalue weighted by Gasteiger charge is 2.05. The van der Waals surface area contributed by atoms with Gasteiger partial charge in [0.2, 0.25) is 0 Å². The largest absolute Gasteiger partial charge is 0.378 e. The SMILES string of the molecule is O=c1[nH]oc2cccc(Cl)c12. The lowest BCUT2D eigenvalue weighted by molar-refractivity contribution is 0.449. The second-order valence-corrected chi connectivity index (χ2v) is 2.55. The average Bonchev–Trinajstić information content (AvgIpc) is 2.34. The van der Waals surface area contributed by atoms with Crippen LogP contribution in [0.5, 0.6) is 0 Å². The molecule has 0 bridgehead atoms. The zero-order valence-corrected chi connectivity index (χ0v) is 6.18. The Morgan fingerprint density at radius 2 is 2.27 bits per heavy atom. The summed E-state index contributed by atoms with van der Waals surface area (Å²) in [5, 5.41) is 3.03. The molecule has 1 aromatic heterocycles. The fourth-order valence-corrected chi connectivity index (χ4v) is 1.21. The second-order valence-electron chi connectivity index (χ2n) is 2.15. The molecule has 1 N–H and O–H groups in total. The van der Waals surface area contributed by atoms with Crippen molar-refractivity contribution in [2.45, 2.75) is 0 Å². The highest BCUT2D eigenvalue weighted by atomic mass is 35.5. The number of aromatic nitrogens is 1. The number of aromatic amines is 1. The number of fused-ring (bicyclic) bond motifs is 1. The van der Waals surface area contributed by atoms with Crippen molar-refractivity contribution in [2.24, 2.45) is 0 Å². The van der Waals surface area contributed by atoms with Crippen LogP contribution >= 0.6 is 11.6 Å². The smallest absolute Gasteiger partial charge is 0.289 e. The number of hydrogen-bond donors (Lipinski definition) is 1. The van der Waals surface area contributed by atoms with Crippen molar-refractivity contribution in [3.8, 4) is 0 Å². The minimum atomic E-state index is -0.286. The molecule has 3 nitrogen and oxygen atoms in total. The zero-order chi connectivity index (χ0) is 7.84. The van der Waals surface area contributed by atoms with Gasteiger partial charge in [-0.05, 0) is 12.1 Å². The monoisotopic (exact) mass is 169 g/mol. The normalized spacial score (nSPS) is 10.6. The molecular weight excluding hydrogens is 166 g/mol. The summed E-state index contributed by atoms with van der Waals surface area (Å²) in [6.07, 6.45) is 0. The van der Waals surface area contributed by atoms with Crippen LogP contribution in [0.4, 0.5) is 0 Å². The van der Waals surface area contributed by atoms with Crippen LogP contribution < -0.4 is 5.56 Å². The molecule has 2 aromatic rings. The summed E-state index contributed by atoms with van der Waals surface area (Å²) in [5.41, 5.74) is 0.202. The molecule has 0 radical (unpaired) electrons. The second kappa shape index (κ2) is 2.13. The van der Waals surface area contributed by atoms with Gasteiger partial charge < -0.3 is 4.52 Å². The van der Waals surface area contributed by atoms with Gasteiger partial charge in [-0.25, -0.2) is 0 Å². The maximum absolute atomic E-state index is 11.0. The molecule has 4 heteroatoms. The average molecular weight is 170 g/mol. The van der Waals surface area contributed by atoms with E-state index in [0.29, 0.717) is 16.0 Å². The van der Waals surface area contributed by atoms with Crippen LogP contribution in [0.1, 0.15) is 0 Å². The Balaban J connectivity index is 3.08. The predicted molar refractivity (Wildman–Crippen MR) is 41.8 cm³/mol. The summed E-state index contributed by atoms with van der Waals surface area (Å²) < 4.78 is 4.81. The van der Waals surface area contributed by atoms with Crippen molar-refractivity contribution >= 4 is 22.6 Å². The summed E-state index contributed by atoms with van der Waals surface area (Å²) in [6.45, 7) is 0. The molecule has 0 aliphatic carbocycles. The van der Waals surface area contributed by atoms with Crippen LogP contribution in [0.3, 0.4) is 0 Å². The standard InChI is InChI=1S/C7H4ClNO2/c8-4-2-1-3-5-6(4)7(10)9-11-5/h1-3H,(H,9,10). The van der Waals surface area contributed by atoms with E-state index in [4.69, 9.17) is 16.1 Å². The van der Waals surface area contributed by atoms with Crippen molar-refractivity contribution in [1.29, 1.82) is 0 Å². The van der Waals surface area contributed by atoms with E-state index in [9.17, 15) is 4.79 Å². The number of benzene rings is 1. The molecule has 0 atom stereocenters. The van der Waals surface area contributed by atoms with Gasteiger partial charge in [-0.2, -0.15) is 5.16 Å². The van der Waals surface area contributed by atoms with Gasteiger partial charge in [0.05, 0.1) is 5.02 Å². The first kappa shape index (κ1) is 6.49. The van der Waals surface area contributed by atoms with Crippen LogP contribution in [0, 0.1) is 0 Å². The molecule has 1 aromatic carbocycles. The van der Waals surface area contributed by atoms with Crippen LogP contribution in [0.15, 0.2) is 27.5 Å². The molecule has 0 amide bonds. The fourth-order valence-electron chi connectivity index (χ4n) is 0.962. The van der Waals surface area contributed by atoms with Crippen LogP contribution in [0.2, 0.25) is 5.02 Å². The van der Waals surface area contributed by atoms with Crippen LogP contribution in [-0.4, -0.2) is 5.16 Å². The highest BCUT2D eigenvalue weighted by molar-refractivity contribution is 6.35. The molecule has 0 fully saturated rings. The van der Waals surface area contributed by atoms with E-state index in [0.717, 1.165) is 0 Å². The molecule has 1 heterocycles. The Labute approximate surface area is 66.5 Å². The highest BCUT2D eigenvalue weighted by Crippen LogP contribution is 2.18. The molecule has 0 aliphatic heterocycles. The Morgan fingerprint density at radius 3 is 3.00 bits per heavy atom. The van der Waals surface area contributed by atoms with E-state index < -0.39 is 0 Å². The van der Waals surface area contributed by atoms with Gasteiger partial charge >= 0.3 is 0 Å². The van der Waals surface area contributed by atoms with Gasteiger partial charge in [-0.3, -0.25) is 4.79 Å². The lowest BCUT2D eigenvalue weighted by Crippen LogP contribution is -1.96. The van der Waals surface area contributed by atoms with Gasteiger partial charge in [-0.1, -0.05) is 17.7 Å². The molecule has 56 valence electrons. The topological polar surface area (TPSA) is 46.0 Å². The third-order valence-corrected chi connectivity index (χ3v) is 1.77. The number of halogens is 1. The summed E-state index contributed by atoms with van der Waals surface area (Å²) in [7, 11) is 0. The fraction of sp³-hybridized carbons (Fsp3) is 0. The van der Waals surface area contributed by atoms with E-state index in [1.54, 1.807) is 18.2 Å². The lowest BCUT2D eigenvalue weighted by Gasteiger charge is -1.85. The van der Waals surface area contributed by atoms with Gasteiger partial charge in [0, 0.05) is 0 Å². The minimum absolute atomic E-state index is 0.286. The third-order valence-electron chi connectivity index (χ3n) is 1.46. The first-order valence-electron chi connectivity index (χ1n) is 3.05. The molecule has 0 spiro atoms. The van der Waals surface area contributed by atoms with E-state index in [1.165, 1.54) is 0 Å². The molecule has 0 saturated heterocycles. The quantitative estimate of drug-likeness (QED) is 0.654. The zero-order valence-electron chi connectivity index (χ0n) is 5.43. The number of nitrogens with one attached hydrogen (secondary N) is 1. The van der Waals surface area contributed by atoms with Gasteiger partial charge in [-0.15, -0.1) is 0 Å². The summed E-state index contributed by atoms with van der Waals surface area (Å²) in [4.78, 5) is 11.0. The van der Waals surface area contributed by atoms with Crippen molar-refractivity contribution < 1.29 is 4.52 Å². The van der Waals surface area contributed by atoms with Crippen molar-refractivity contribution in [1.82, 2.24) is 5.16 Å². The van der Waals surface area contributed by atoms with Crippen molar-refractivity contribution in [3.05, 3.63) is 33.6 Å². The summed E-state index contributed by atoms with van der Waals surface area (Å²) in [6, 6.07) is 5.05. The predicted octanol–water partition coefficient (Wildman–Crippen LogP) is 1.77. The molecule has 11 heavy (non-hydrogen) atoms. The minimum Gasteiger partial charge on any atom is -0.378 e. The van der Waals surface area contributed by atoms with Gasteiger partial charge in [0.1, 0.15) is 5.39 Å². The Bertz CT molecular complexity index is 443. The van der Waals surface area contributed by atoms with E-state index >= 15 is 0 Å². The molecule has 2 rings (SSSR count). The number of hydrogen-bond acceptors (Lipinski definition) is 2. The Morgan fingerprint density at radius 1 is 1.45 bits per heavy atom. The maximum Gasteiger partial charge on any atom is 0.289 e. The summed E-state index contributed by atoms with van der Waals surface area (Å²) >= 11 is 5.72. The first-order chi connectivity index (χ1) is 5.29. The molecule has 0 saturated carbocycles. The number of rotatable bonds is 0. The lowest BCUT2D eigenvalue weighted by atomic mass is 10.3. The maximum atomic E-state index is 11.0. The van der Waals surface area contributed by atoms with Crippen molar-refractivity contribution in [2.75, 3.05) is 0 Å². The van der Waals surface area contributed by atoms with Gasteiger partial charge in [0.15, 0.2) is 5.58 Å². The molecule has 0 unspecified atom stereocenters. The molecular formula is C7H4ClNO2. The van der Waals surface area contributed by atoms with Crippen LogP contribution in [-0.2, 0) is 0 Å². The van der Waals surface area contributed by atoms with E-state index in [2.05, 4.69) is 5.16 Å². The van der Waals surface area contributed by atoms with E-state index in [-0.39, 0.29) is 5.56 Å². The first-order valence-corrected chi connectivity index (χ1v) is 3.42. The molecule has 0 aliphatic rings. The summed E-state index contributed by atoms with van der Waals surface area (Å²) in [5.74, 6) is 0. The van der Waals surface area contributed by atoms with Crippen molar-refractivity contribution in [3.63, 3.8) is 0 Å². The number of H-pyrrole nitrogens is 1. The third kappa shape index (κ3) is 0.851. The Kier molecular flexibility index (Phi) is 1.26. The van der Waals surface area contributed by atoms with E-state index in [1.807, 2.05) is 0 Å². The van der Waals surface area contributed by atoms with Gasteiger partial charge in [0.25, 0.3) is 5.56 Å². The Hall–Kier alpha value is -1.22. The van der Waals surface area contributed by atoms with Crippen LogP contribution in [0.25, 0.3) is 11.0 Å².